The number of nitrogens with two attached hydrogens (primary N) is 1. The highest BCUT2D eigenvalue weighted by Gasteiger charge is 2.44. The fourth-order valence-corrected chi connectivity index (χ4v) is 3.84. The van der Waals surface area contributed by atoms with E-state index in [4.69, 9.17) is 5.73 Å². The van der Waals surface area contributed by atoms with Gasteiger partial charge in [-0.05, 0) is 58.5 Å². The summed E-state index contributed by atoms with van der Waals surface area (Å²) in [7, 11) is 4.17. The highest BCUT2D eigenvalue weighted by atomic mass is 16.2. The Balaban J connectivity index is 2.08. The molecular formula is C16H31N3O. The van der Waals surface area contributed by atoms with Crippen LogP contribution in [0.25, 0.3) is 0 Å². The van der Waals surface area contributed by atoms with Gasteiger partial charge in [0.05, 0.1) is 5.41 Å². The predicted octanol–water partition coefficient (Wildman–Crippen LogP) is 1.69. The van der Waals surface area contributed by atoms with Gasteiger partial charge in [-0.1, -0.05) is 6.92 Å². The summed E-state index contributed by atoms with van der Waals surface area (Å²) >= 11 is 0. The molecule has 4 heteroatoms. The molecule has 0 spiro atoms. The van der Waals surface area contributed by atoms with Crippen LogP contribution in [0.1, 0.15) is 45.4 Å². The molecule has 0 aromatic rings. The molecule has 1 aliphatic heterocycles. The van der Waals surface area contributed by atoms with E-state index in [1.807, 2.05) is 0 Å². The molecule has 2 aliphatic rings. The lowest BCUT2D eigenvalue weighted by molar-refractivity contribution is -0.145. The van der Waals surface area contributed by atoms with Crippen molar-refractivity contribution >= 4 is 5.91 Å². The van der Waals surface area contributed by atoms with Crippen molar-refractivity contribution in [2.75, 3.05) is 33.7 Å². The van der Waals surface area contributed by atoms with E-state index in [-0.39, 0.29) is 5.41 Å². The lowest BCUT2D eigenvalue weighted by Crippen LogP contribution is -2.52. The molecule has 2 rings (SSSR count). The van der Waals surface area contributed by atoms with Crippen molar-refractivity contribution in [3.05, 3.63) is 0 Å². The fourth-order valence-electron chi connectivity index (χ4n) is 3.84. The van der Waals surface area contributed by atoms with Crippen LogP contribution in [-0.2, 0) is 4.79 Å². The van der Waals surface area contributed by atoms with Crippen LogP contribution in [0.2, 0.25) is 0 Å². The standard InChI is InChI=1S/C16H31N3O/c1-13-6-8-16(12-17,9-7-13)15(20)19-10-4-5-14(19)11-18(2)3/h13-14H,4-12,17H2,1-3H3. The molecule has 1 atom stereocenters. The minimum Gasteiger partial charge on any atom is -0.338 e. The van der Waals surface area contributed by atoms with Crippen LogP contribution in [0.4, 0.5) is 0 Å². The van der Waals surface area contributed by atoms with Crippen molar-refractivity contribution < 1.29 is 4.79 Å². The third-order valence-electron chi connectivity index (χ3n) is 5.29. The van der Waals surface area contributed by atoms with Gasteiger partial charge >= 0.3 is 0 Å². The summed E-state index contributed by atoms with van der Waals surface area (Å²) < 4.78 is 0. The molecule has 1 aliphatic carbocycles. The molecule has 1 amide bonds. The third kappa shape index (κ3) is 3.17. The Kier molecular flexibility index (Phi) is 5.08. The normalized spacial score (nSPS) is 34.8. The van der Waals surface area contributed by atoms with Crippen LogP contribution in [0.15, 0.2) is 0 Å². The topological polar surface area (TPSA) is 49.6 Å². The van der Waals surface area contributed by atoms with Gasteiger partial charge in [0.25, 0.3) is 0 Å². The molecule has 4 nitrogen and oxygen atoms in total. The number of hydrogen-bond donors (Lipinski definition) is 1. The Bertz CT molecular complexity index is 335. The number of carbonyl (C=O) groups is 1. The summed E-state index contributed by atoms with van der Waals surface area (Å²) in [5.41, 5.74) is 5.78. The van der Waals surface area contributed by atoms with Crippen LogP contribution in [0, 0.1) is 11.3 Å². The van der Waals surface area contributed by atoms with E-state index in [2.05, 4.69) is 30.8 Å². The second-order valence-corrected chi connectivity index (χ2v) is 7.22. The van der Waals surface area contributed by atoms with Gasteiger partial charge in [-0.15, -0.1) is 0 Å². The second-order valence-electron chi connectivity index (χ2n) is 7.22. The molecule has 1 heterocycles. The van der Waals surface area contributed by atoms with Crippen LogP contribution in [0.5, 0.6) is 0 Å². The number of likely N-dealkylation sites (tertiary alicyclic amines) is 1. The molecule has 116 valence electrons. The van der Waals surface area contributed by atoms with E-state index in [1.54, 1.807) is 0 Å². The molecule has 2 N–H and O–H groups in total. The van der Waals surface area contributed by atoms with Gasteiger partial charge < -0.3 is 15.5 Å². The lowest BCUT2D eigenvalue weighted by Gasteiger charge is -2.41. The summed E-state index contributed by atoms with van der Waals surface area (Å²) in [6.07, 6.45) is 6.54. The minimum absolute atomic E-state index is 0.262. The highest BCUT2D eigenvalue weighted by molar-refractivity contribution is 5.83. The first kappa shape index (κ1) is 15.8. The Morgan fingerprint density at radius 2 is 1.95 bits per heavy atom. The second kappa shape index (κ2) is 6.44. The maximum Gasteiger partial charge on any atom is 0.230 e. The van der Waals surface area contributed by atoms with Crippen LogP contribution in [-0.4, -0.2) is 55.5 Å². The summed E-state index contributed by atoms with van der Waals surface area (Å²) in [5, 5.41) is 0. The van der Waals surface area contributed by atoms with Gasteiger partial charge in [0, 0.05) is 25.7 Å². The highest BCUT2D eigenvalue weighted by Crippen LogP contribution is 2.40. The van der Waals surface area contributed by atoms with Gasteiger partial charge in [0.2, 0.25) is 5.91 Å². The summed E-state index contributed by atoms with van der Waals surface area (Å²) in [6.45, 7) is 4.71. The maximum absolute atomic E-state index is 13.1. The first-order chi connectivity index (χ1) is 9.48. The van der Waals surface area contributed by atoms with Gasteiger partial charge in [0.15, 0.2) is 0 Å². The van der Waals surface area contributed by atoms with Crippen molar-refractivity contribution in [2.45, 2.75) is 51.5 Å². The SMILES string of the molecule is CC1CCC(CN)(C(=O)N2CCCC2CN(C)C)CC1. The first-order valence-electron chi connectivity index (χ1n) is 8.14. The maximum atomic E-state index is 13.1. The number of rotatable bonds is 4. The fraction of sp³-hybridized carbons (Fsp3) is 0.938. The van der Waals surface area contributed by atoms with Gasteiger partial charge in [-0.3, -0.25) is 4.79 Å². The summed E-state index contributed by atoms with van der Waals surface area (Å²) in [4.78, 5) is 17.4. The number of likely N-dealkylation sites (N-methyl/N-ethyl adjacent to an activating group) is 1. The first-order valence-corrected chi connectivity index (χ1v) is 8.14. The molecule has 0 radical (unpaired) electrons. The monoisotopic (exact) mass is 281 g/mol. The Morgan fingerprint density at radius 3 is 2.50 bits per heavy atom. The molecular weight excluding hydrogens is 250 g/mol. The van der Waals surface area contributed by atoms with E-state index < -0.39 is 0 Å². The third-order valence-corrected chi connectivity index (χ3v) is 5.29. The minimum atomic E-state index is -0.262. The quantitative estimate of drug-likeness (QED) is 0.853. The number of hydrogen-bond acceptors (Lipinski definition) is 3. The Labute approximate surface area is 123 Å². The van der Waals surface area contributed by atoms with E-state index >= 15 is 0 Å². The lowest BCUT2D eigenvalue weighted by atomic mass is 9.70. The smallest absolute Gasteiger partial charge is 0.230 e. The summed E-state index contributed by atoms with van der Waals surface area (Å²) in [6, 6.07) is 0.389. The zero-order chi connectivity index (χ0) is 14.8. The van der Waals surface area contributed by atoms with Crippen LogP contribution >= 0.6 is 0 Å². The van der Waals surface area contributed by atoms with E-state index in [1.165, 1.54) is 0 Å². The number of amides is 1. The van der Waals surface area contributed by atoms with Crippen molar-refractivity contribution in [2.24, 2.45) is 17.1 Å². The van der Waals surface area contributed by atoms with Crippen molar-refractivity contribution in [3.8, 4) is 0 Å². The predicted molar refractivity (Wildman–Crippen MR) is 82.4 cm³/mol. The zero-order valence-electron chi connectivity index (χ0n) is 13.4. The molecule has 0 aromatic carbocycles. The van der Waals surface area contributed by atoms with Crippen molar-refractivity contribution in [1.82, 2.24) is 9.80 Å². The average molecular weight is 281 g/mol. The molecule has 1 saturated carbocycles. The molecule has 0 aromatic heterocycles. The summed E-state index contributed by atoms with van der Waals surface area (Å²) in [5.74, 6) is 1.09. The zero-order valence-corrected chi connectivity index (χ0v) is 13.4. The van der Waals surface area contributed by atoms with Gasteiger partial charge in [-0.25, -0.2) is 0 Å². The Morgan fingerprint density at radius 1 is 1.30 bits per heavy atom. The van der Waals surface area contributed by atoms with Crippen LogP contribution in [0.3, 0.4) is 0 Å². The van der Waals surface area contributed by atoms with Crippen LogP contribution < -0.4 is 5.73 Å². The molecule has 20 heavy (non-hydrogen) atoms. The molecule has 0 bridgehead atoms. The largest absolute Gasteiger partial charge is 0.338 e. The van der Waals surface area contributed by atoms with E-state index in [0.29, 0.717) is 18.5 Å². The molecule has 2 fully saturated rings. The molecule has 1 unspecified atom stereocenters. The van der Waals surface area contributed by atoms with Gasteiger partial charge in [-0.2, -0.15) is 0 Å². The van der Waals surface area contributed by atoms with Crippen molar-refractivity contribution in [3.63, 3.8) is 0 Å². The number of carbonyl (C=O) groups excluding carboxylic acids is 1. The van der Waals surface area contributed by atoms with Crippen molar-refractivity contribution in [1.29, 1.82) is 0 Å². The average Bonchev–Trinajstić information content (AvgIpc) is 2.86. The molecule has 1 saturated heterocycles. The van der Waals surface area contributed by atoms with Gasteiger partial charge in [0.1, 0.15) is 0 Å². The number of nitrogens with zero attached hydrogens (tertiary/aromatic N) is 2. The van der Waals surface area contributed by atoms with E-state index in [9.17, 15) is 4.79 Å². The van der Waals surface area contributed by atoms with E-state index in [0.717, 1.165) is 57.5 Å². The Hall–Kier alpha value is -0.610.